The topological polar surface area (TPSA) is 108 Å². The number of carbonyl (C=O) groups excluding carboxylic acids is 2. The van der Waals surface area contributed by atoms with Crippen LogP contribution in [-0.4, -0.2) is 39.2 Å². The highest BCUT2D eigenvalue weighted by Crippen LogP contribution is 2.42. The largest absolute Gasteiger partial charge is 0.417 e. The van der Waals surface area contributed by atoms with Crippen molar-refractivity contribution >= 4 is 50.6 Å². The molecule has 0 saturated carbocycles. The fraction of sp³-hybridized carbons (Fsp3) is 0.231. The second-order valence-corrected chi connectivity index (χ2v) is 11.2. The Balaban J connectivity index is 1.60. The van der Waals surface area contributed by atoms with Crippen LogP contribution in [0.25, 0.3) is 11.1 Å². The quantitative estimate of drug-likeness (QED) is 0.309. The first-order chi connectivity index (χ1) is 18.7. The van der Waals surface area contributed by atoms with Crippen LogP contribution in [0.1, 0.15) is 18.4 Å². The molecule has 1 unspecified atom stereocenters. The Morgan fingerprint density at radius 1 is 1.02 bits per heavy atom. The Hall–Kier alpha value is -3.84. The van der Waals surface area contributed by atoms with Crippen molar-refractivity contribution in [3.63, 3.8) is 0 Å². The molecule has 0 radical (unpaired) electrons. The van der Waals surface area contributed by atoms with Crippen LogP contribution in [0.2, 0.25) is 5.02 Å². The molecule has 4 rings (SSSR count). The van der Waals surface area contributed by atoms with Gasteiger partial charge >= 0.3 is 12.2 Å². The zero-order valence-electron chi connectivity index (χ0n) is 20.9. The molecule has 0 bridgehead atoms. The molecule has 0 spiro atoms. The normalized spacial score (nSPS) is 16.0. The lowest BCUT2D eigenvalue weighted by atomic mass is 9.96. The lowest BCUT2D eigenvalue weighted by molar-refractivity contribution is -0.137. The fourth-order valence-electron chi connectivity index (χ4n) is 4.35. The van der Waals surface area contributed by atoms with Gasteiger partial charge in [-0.3, -0.25) is 9.52 Å². The van der Waals surface area contributed by atoms with Gasteiger partial charge in [0.2, 0.25) is 15.9 Å². The summed E-state index contributed by atoms with van der Waals surface area (Å²) in [5.74, 6) is -1.43. The number of benzene rings is 3. The number of nitrogens with one attached hydrogen (secondary N) is 3. The first-order valence-electron chi connectivity index (χ1n) is 11.9. The molecule has 3 aromatic rings. The molecule has 1 heterocycles. The molecule has 212 valence electrons. The van der Waals surface area contributed by atoms with Gasteiger partial charge in [-0.2, -0.15) is 13.2 Å². The Morgan fingerprint density at radius 3 is 2.42 bits per heavy atom. The number of urea groups is 1. The van der Waals surface area contributed by atoms with E-state index >= 15 is 0 Å². The molecule has 3 N–H and O–H groups in total. The summed E-state index contributed by atoms with van der Waals surface area (Å²) in [6.45, 7) is 0.104. The molecular weight excluding hydrogens is 576 g/mol. The molecule has 1 aliphatic heterocycles. The van der Waals surface area contributed by atoms with Gasteiger partial charge in [0.25, 0.3) is 0 Å². The van der Waals surface area contributed by atoms with E-state index in [0.29, 0.717) is 6.42 Å². The van der Waals surface area contributed by atoms with Crippen LogP contribution < -0.4 is 20.3 Å². The van der Waals surface area contributed by atoms with E-state index in [2.05, 4.69) is 15.4 Å². The highest BCUT2D eigenvalue weighted by atomic mass is 35.5. The molecule has 3 aromatic carbocycles. The number of anilines is 3. The lowest BCUT2D eigenvalue weighted by Crippen LogP contribution is -2.53. The van der Waals surface area contributed by atoms with Gasteiger partial charge in [-0.05, 0) is 54.8 Å². The molecular formula is C26H23ClF4N4O4S. The highest BCUT2D eigenvalue weighted by molar-refractivity contribution is 7.92. The Kier molecular flexibility index (Phi) is 8.26. The van der Waals surface area contributed by atoms with Crippen molar-refractivity contribution in [2.24, 2.45) is 0 Å². The predicted octanol–water partition coefficient (Wildman–Crippen LogP) is 5.85. The average Bonchev–Trinajstić information content (AvgIpc) is 2.86. The Labute approximate surface area is 232 Å². The summed E-state index contributed by atoms with van der Waals surface area (Å²) >= 11 is 5.70. The van der Waals surface area contributed by atoms with Crippen LogP contribution in [-0.2, 0) is 21.0 Å². The van der Waals surface area contributed by atoms with Crippen LogP contribution in [0, 0.1) is 5.82 Å². The number of carbonyl (C=O) groups is 2. The summed E-state index contributed by atoms with van der Waals surface area (Å²) in [5.41, 5.74) is -1.62. The van der Waals surface area contributed by atoms with Crippen LogP contribution in [0.3, 0.4) is 0 Å². The Morgan fingerprint density at radius 2 is 1.75 bits per heavy atom. The van der Waals surface area contributed by atoms with Gasteiger partial charge in [-0.25, -0.2) is 17.6 Å². The van der Waals surface area contributed by atoms with Gasteiger partial charge in [0.05, 0.1) is 23.2 Å². The second kappa shape index (κ2) is 11.3. The monoisotopic (exact) mass is 598 g/mol. The van der Waals surface area contributed by atoms with Crippen molar-refractivity contribution in [2.75, 3.05) is 27.7 Å². The first-order valence-corrected chi connectivity index (χ1v) is 14.1. The summed E-state index contributed by atoms with van der Waals surface area (Å²) in [4.78, 5) is 26.8. The van der Waals surface area contributed by atoms with Gasteiger partial charge in [0.1, 0.15) is 11.9 Å². The first kappa shape index (κ1) is 29.2. The van der Waals surface area contributed by atoms with E-state index in [4.69, 9.17) is 11.6 Å². The van der Waals surface area contributed by atoms with Crippen LogP contribution in [0.15, 0.2) is 60.7 Å². The molecule has 0 aromatic heterocycles. The van der Waals surface area contributed by atoms with Crippen molar-refractivity contribution in [1.82, 2.24) is 5.32 Å². The number of hydrogen-bond donors (Lipinski definition) is 3. The lowest BCUT2D eigenvalue weighted by Gasteiger charge is -2.33. The molecule has 1 saturated heterocycles. The van der Waals surface area contributed by atoms with Crippen molar-refractivity contribution in [3.05, 3.63) is 77.1 Å². The standard InChI is InChI=1S/C26H23ClF4N4O4S/c1-40(38,39)34-21-6-3-2-5-18(21)17-10-9-16(14-19(17)26(29,30)31)35-12-4-7-23(24(35)36)33-25(37)32-22-11-8-15(27)13-20(22)28/h2-3,5-6,8-11,13-14,23,34H,4,7,12H2,1H3,(H2,32,33,37). The van der Waals surface area contributed by atoms with Gasteiger partial charge < -0.3 is 15.5 Å². The third-order valence-corrected chi connectivity index (χ3v) is 6.88. The fourth-order valence-corrected chi connectivity index (χ4v) is 5.09. The third-order valence-electron chi connectivity index (χ3n) is 6.06. The maximum atomic E-state index is 14.2. The summed E-state index contributed by atoms with van der Waals surface area (Å²) < 4.78 is 82.4. The summed E-state index contributed by atoms with van der Waals surface area (Å²) in [5, 5.41) is 4.85. The minimum absolute atomic E-state index is 0.00224. The van der Waals surface area contributed by atoms with Crippen molar-refractivity contribution < 1.29 is 35.6 Å². The minimum atomic E-state index is -4.84. The van der Waals surface area contributed by atoms with Crippen LogP contribution >= 0.6 is 11.6 Å². The van der Waals surface area contributed by atoms with Gasteiger partial charge in [-0.1, -0.05) is 35.9 Å². The summed E-state index contributed by atoms with van der Waals surface area (Å²) in [7, 11) is -3.78. The number of rotatable bonds is 6. The smallest absolute Gasteiger partial charge is 0.326 e. The molecule has 1 fully saturated rings. The third kappa shape index (κ3) is 6.83. The number of nitrogens with zero attached hydrogens (tertiary/aromatic N) is 1. The molecule has 14 heteroatoms. The van der Waals surface area contributed by atoms with Crippen LogP contribution in [0.4, 0.5) is 39.4 Å². The minimum Gasteiger partial charge on any atom is -0.326 e. The maximum Gasteiger partial charge on any atom is 0.417 e. The van der Waals surface area contributed by atoms with E-state index < -0.39 is 45.6 Å². The highest BCUT2D eigenvalue weighted by Gasteiger charge is 2.37. The van der Waals surface area contributed by atoms with E-state index in [9.17, 15) is 35.6 Å². The van der Waals surface area contributed by atoms with Gasteiger partial charge in [0, 0.05) is 22.8 Å². The molecule has 3 amide bonds. The molecule has 0 aliphatic carbocycles. The second-order valence-electron chi connectivity index (χ2n) is 9.05. The molecule has 1 atom stereocenters. The zero-order valence-corrected chi connectivity index (χ0v) is 22.4. The van der Waals surface area contributed by atoms with E-state index in [-0.39, 0.29) is 46.2 Å². The van der Waals surface area contributed by atoms with Gasteiger partial charge in [0.15, 0.2) is 0 Å². The number of alkyl halides is 3. The van der Waals surface area contributed by atoms with E-state index in [0.717, 1.165) is 23.3 Å². The number of para-hydroxylation sites is 1. The van der Waals surface area contributed by atoms with Crippen molar-refractivity contribution in [1.29, 1.82) is 0 Å². The van der Waals surface area contributed by atoms with E-state index in [1.165, 1.54) is 48.5 Å². The van der Waals surface area contributed by atoms with Crippen molar-refractivity contribution in [3.8, 4) is 11.1 Å². The maximum absolute atomic E-state index is 14.2. The number of halogens is 5. The number of sulfonamides is 1. The molecule has 1 aliphatic rings. The van der Waals surface area contributed by atoms with Gasteiger partial charge in [-0.15, -0.1) is 0 Å². The zero-order chi connectivity index (χ0) is 29.2. The number of amides is 3. The van der Waals surface area contributed by atoms with E-state index in [1.807, 2.05) is 0 Å². The average molecular weight is 599 g/mol. The number of piperidine rings is 1. The Bertz CT molecular complexity index is 1570. The summed E-state index contributed by atoms with van der Waals surface area (Å²) in [6.07, 6.45) is -3.37. The number of hydrogen-bond acceptors (Lipinski definition) is 4. The van der Waals surface area contributed by atoms with Crippen LogP contribution in [0.5, 0.6) is 0 Å². The SMILES string of the molecule is CS(=O)(=O)Nc1ccccc1-c1ccc(N2CCCC(NC(=O)Nc3ccc(Cl)cc3F)C2=O)cc1C(F)(F)F. The molecule has 8 nitrogen and oxygen atoms in total. The van der Waals surface area contributed by atoms with E-state index in [1.54, 1.807) is 0 Å². The predicted molar refractivity (Wildman–Crippen MR) is 144 cm³/mol. The molecule has 40 heavy (non-hydrogen) atoms. The summed E-state index contributed by atoms with van der Waals surface area (Å²) in [6, 6.07) is 10.6. The van der Waals surface area contributed by atoms with Crippen molar-refractivity contribution in [2.45, 2.75) is 25.1 Å².